The molecule has 1 aromatic carbocycles. The van der Waals surface area contributed by atoms with Crippen molar-refractivity contribution in [3.63, 3.8) is 0 Å². The lowest BCUT2D eigenvalue weighted by atomic mass is 9.53. The van der Waals surface area contributed by atoms with Crippen molar-refractivity contribution in [2.24, 2.45) is 5.92 Å². The topological polar surface area (TPSA) is 70.1 Å². The molecule has 0 unspecified atom stereocenters. The number of halogens is 4. The Balaban J connectivity index is 0.000000369. The summed E-state index contributed by atoms with van der Waals surface area (Å²) in [5.74, 6) is 1.59. The number of likely N-dealkylation sites (tertiary alicyclic amines) is 1. The number of nitrogens with zero attached hydrogens (tertiary/aromatic N) is 3. The fourth-order valence-electron chi connectivity index (χ4n) is 5.53. The van der Waals surface area contributed by atoms with Crippen LogP contribution in [0, 0.1) is 11.3 Å². The van der Waals surface area contributed by atoms with Crippen LogP contribution in [0.5, 0.6) is 11.5 Å². The molecular weight excluding hydrogens is 393 g/mol. The zero-order valence-electron chi connectivity index (χ0n) is 15.9. The Morgan fingerprint density at radius 2 is 2.03 bits per heavy atom. The van der Waals surface area contributed by atoms with Crippen LogP contribution in [0.2, 0.25) is 0 Å². The fourth-order valence-corrected chi connectivity index (χ4v) is 5.53. The number of ether oxygens (including phenoxy) is 2. The molecule has 2 bridgehead atoms. The normalized spacial score (nSPS) is 33.7. The SMILES string of the molecule is COc1cc([N+]#N)c2c3c1O[C@H]1[C@@H](O)C=C[C@H]4[C@@H](C2)N(C)CC[C@@]341.F[B-](F)(F)F. The Hall–Kier alpha value is -2.32. The number of hydrogen-bond acceptors (Lipinski definition) is 5. The average Bonchev–Trinajstić information content (AvgIpc) is 2.99. The highest BCUT2D eigenvalue weighted by molar-refractivity contribution is 6.50. The minimum absolute atomic E-state index is 0.262. The first-order chi connectivity index (χ1) is 13.6. The van der Waals surface area contributed by atoms with Crippen LogP contribution in [-0.2, 0) is 11.8 Å². The Bertz CT molecular complexity index is 913. The molecule has 1 N–H and O–H groups in total. The highest BCUT2D eigenvalue weighted by Gasteiger charge is 2.65. The molecule has 0 saturated carbocycles. The van der Waals surface area contributed by atoms with Crippen LogP contribution >= 0.6 is 0 Å². The Morgan fingerprint density at radius 1 is 1.34 bits per heavy atom. The standard InChI is InChI=1S/C18H20N3O3.BF4/c1-21-6-5-18-10-3-4-13(22)17(18)24-16-14(23-2)8-11(20-19)9(15(16)18)7-12(10)21;2-1(3,4)5/h3-4,8,10,12-13,17,22H,5-7H2,1-2H3;/q+1;-1/t10-,12+,13-,17-,18-;/m0./s1. The zero-order valence-corrected chi connectivity index (χ0v) is 15.9. The van der Waals surface area contributed by atoms with Gasteiger partial charge in [-0.25, -0.2) is 0 Å². The fraction of sp³-hybridized carbons (Fsp3) is 0.556. The van der Waals surface area contributed by atoms with Crippen molar-refractivity contribution in [1.82, 2.24) is 4.90 Å². The minimum Gasteiger partial charge on any atom is -0.493 e. The van der Waals surface area contributed by atoms with Crippen LogP contribution in [0.3, 0.4) is 0 Å². The van der Waals surface area contributed by atoms with Gasteiger partial charge in [-0.05, 0) is 26.4 Å². The molecule has 6 nitrogen and oxygen atoms in total. The second-order valence-electron chi connectivity index (χ2n) is 7.86. The molecule has 29 heavy (non-hydrogen) atoms. The van der Waals surface area contributed by atoms with Gasteiger partial charge >= 0.3 is 12.9 Å². The second-order valence-corrected chi connectivity index (χ2v) is 7.86. The van der Waals surface area contributed by atoms with Crippen molar-refractivity contribution >= 4 is 12.9 Å². The summed E-state index contributed by atoms with van der Waals surface area (Å²) >= 11 is 0. The molecule has 0 radical (unpaired) electrons. The van der Waals surface area contributed by atoms with Crippen LogP contribution < -0.4 is 9.47 Å². The van der Waals surface area contributed by atoms with E-state index in [1.165, 1.54) is 0 Å². The molecule has 5 atom stereocenters. The van der Waals surface area contributed by atoms with Gasteiger partial charge in [0.1, 0.15) is 12.2 Å². The average molecular weight is 413 g/mol. The van der Waals surface area contributed by atoms with E-state index in [-0.39, 0.29) is 17.4 Å². The van der Waals surface area contributed by atoms with Gasteiger partial charge in [-0.2, -0.15) is 0 Å². The number of benzene rings is 1. The van der Waals surface area contributed by atoms with E-state index in [0.717, 1.165) is 36.3 Å². The van der Waals surface area contributed by atoms with E-state index in [1.54, 1.807) is 13.2 Å². The number of likely N-dealkylation sites (N-methyl/N-ethyl adjacent to an activating group) is 1. The van der Waals surface area contributed by atoms with Crippen molar-refractivity contribution in [3.05, 3.63) is 34.3 Å². The largest absolute Gasteiger partial charge is 0.673 e. The van der Waals surface area contributed by atoms with E-state index in [2.05, 4.69) is 23.0 Å². The third-order valence-electron chi connectivity index (χ3n) is 6.57. The van der Waals surface area contributed by atoms with E-state index >= 15 is 0 Å². The molecule has 0 aromatic heterocycles. The van der Waals surface area contributed by atoms with Gasteiger partial charge in [0.05, 0.1) is 18.7 Å². The molecule has 2 heterocycles. The lowest BCUT2D eigenvalue weighted by Crippen LogP contribution is -2.64. The maximum atomic E-state index is 10.6. The molecule has 1 aromatic rings. The van der Waals surface area contributed by atoms with E-state index in [0.29, 0.717) is 17.5 Å². The summed E-state index contributed by atoms with van der Waals surface area (Å²) in [5, 5.41) is 20.2. The van der Waals surface area contributed by atoms with Crippen molar-refractivity contribution in [3.8, 4) is 11.5 Å². The van der Waals surface area contributed by atoms with E-state index in [4.69, 9.17) is 9.47 Å². The lowest BCUT2D eigenvalue weighted by molar-refractivity contribution is -0.0452. The number of diazo groups is 1. The number of piperidine rings is 1. The summed E-state index contributed by atoms with van der Waals surface area (Å²) < 4.78 is 50.8. The highest BCUT2D eigenvalue weighted by Crippen LogP contribution is 2.63. The summed E-state index contributed by atoms with van der Waals surface area (Å²) in [6.07, 6.45) is 4.82. The second kappa shape index (κ2) is 6.60. The van der Waals surface area contributed by atoms with Gasteiger partial charge in [0.25, 0.3) is 0 Å². The summed E-state index contributed by atoms with van der Waals surface area (Å²) in [7, 11) is -2.26. The third-order valence-corrected chi connectivity index (χ3v) is 6.57. The van der Waals surface area contributed by atoms with E-state index in [1.807, 2.05) is 6.08 Å². The number of rotatable bonds is 1. The molecule has 11 heteroatoms. The number of aliphatic hydroxyl groups is 1. The molecule has 2 aliphatic carbocycles. The maximum absolute atomic E-state index is 10.6. The lowest BCUT2D eigenvalue weighted by Gasteiger charge is -2.56. The summed E-state index contributed by atoms with van der Waals surface area (Å²) in [6, 6.07) is 2.05. The molecule has 4 aliphatic rings. The molecule has 5 rings (SSSR count). The van der Waals surface area contributed by atoms with Crippen LogP contribution in [0.1, 0.15) is 17.5 Å². The van der Waals surface area contributed by atoms with E-state index in [9.17, 15) is 27.8 Å². The van der Waals surface area contributed by atoms with Crippen LogP contribution in [0.25, 0.3) is 4.98 Å². The first-order valence-electron chi connectivity index (χ1n) is 9.32. The minimum atomic E-state index is -6.00. The van der Waals surface area contributed by atoms with Gasteiger partial charge in [0, 0.05) is 22.9 Å². The Kier molecular flexibility index (Phi) is 4.55. The van der Waals surface area contributed by atoms with Gasteiger partial charge in [-0.15, -0.1) is 0 Å². The van der Waals surface area contributed by atoms with Gasteiger partial charge < -0.3 is 36.7 Å². The molecular formula is C18H20BF4N3O3. The molecule has 1 saturated heterocycles. The van der Waals surface area contributed by atoms with E-state index < -0.39 is 13.4 Å². The maximum Gasteiger partial charge on any atom is 0.673 e. The first-order valence-corrected chi connectivity index (χ1v) is 9.32. The number of aliphatic hydroxyl groups excluding tert-OH is 1. The van der Waals surface area contributed by atoms with Gasteiger partial charge in [-0.1, -0.05) is 12.2 Å². The molecule has 156 valence electrons. The Labute approximate surface area is 164 Å². The predicted octanol–water partition coefficient (Wildman–Crippen LogP) is 3.29. The third kappa shape index (κ3) is 2.88. The summed E-state index contributed by atoms with van der Waals surface area (Å²) in [5.41, 5.74) is 2.42. The van der Waals surface area contributed by atoms with Gasteiger partial charge in [0.2, 0.25) is 5.39 Å². The quantitative estimate of drug-likeness (QED) is 0.331. The smallest absolute Gasteiger partial charge is 0.493 e. The Morgan fingerprint density at radius 3 is 2.66 bits per heavy atom. The molecule has 2 aliphatic heterocycles. The number of hydrogen-bond donors (Lipinski definition) is 1. The number of methoxy groups -OCH3 is 1. The van der Waals surface area contributed by atoms with Crippen LogP contribution in [-0.4, -0.2) is 56.2 Å². The van der Waals surface area contributed by atoms with Crippen molar-refractivity contribution in [1.29, 1.82) is 5.39 Å². The van der Waals surface area contributed by atoms with Crippen molar-refractivity contribution in [2.45, 2.75) is 36.5 Å². The first kappa shape index (κ1) is 20.0. The predicted molar refractivity (Wildman–Crippen MR) is 97.4 cm³/mol. The van der Waals surface area contributed by atoms with Crippen LogP contribution in [0.15, 0.2) is 18.2 Å². The summed E-state index contributed by atoms with van der Waals surface area (Å²) in [6.45, 7) is 0.962. The monoisotopic (exact) mass is 413 g/mol. The molecule has 1 fully saturated rings. The highest BCUT2D eigenvalue weighted by atomic mass is 19.5. The van der Waals surface area contributed by atoms with Crippen molar-refractivity contribution in [2.75, 3.05) is 20.7 Å². The van der Waals surface area contributed by atoms with Crippen LogP contribution in [0.4, 0.5) is 23.0 Å². The molecule has 1 spiro atoms. The van der Waals surface area contributed by atoms with Gasteiger partial charge in [0.15, 0.2) is 16.5 Å². The van der Waals surface area contributed by atoms with Gasteiger partial charge in [-0.3, -0.25) is 0 Å². The summed E-state index contributed by atoms with van der Waals surface area (Å²) in [4.78, 5) is 5.90. The zero-order chi connectivity index (χ0) is 21.1. The molecule has 0 amide bonds. The van der Waals surface area contributed by atoms with Crippen molar-refractivity contribution < 1.29 is 31.8 Å².